The van der Waals surface area contributed by atoms with Crippen LogP contribution in [-0.2, 0) is 0 Å². The van der Waals surface area contributed by atoms with Crippen molar-refractivity contribution in [1.82, 2.24) is 10.6 Å². The number of aryl methyl sites for hydroxylation is 2. The number of nitrogens with one attached hydrogen (secondary N) is 2. The van der Waals surface area contributed by atoms with Gasteiger partial charge in [-0.25, -0.2) is 4.79 Å². The molecule has 0 aromatic heterocycles. The van der Waals surface area contributed by atoms with Gasteiger partial charge in [0.2, 0.25) is 0 Å². The lowest BCUT2D eigenvalue weighted by Crippen LogP contribution is -2.42. The van der Waals surface area contributed by atoms with Crippen molar-refractivity contribution in [2.75, 3.05) is 13.2 Å². The molecule has 0 bridgehead atoms. The van der Waals surface area contributed by atoms with Gasteiger partial charge < -0.3 is 15.4 Å². The van der Waals surface area contributed by atoms with E-state index in [4.69, 9.17) is 4.74 Å². The van der Waals surface area contributed by atoms with Crippen LogP contribution in [0.2, 0.25) is 0 Å². The maximum Gasteiger partial charge on any atom is 0.315 e. The monoisotopic (exact) mass is 276 g/mol. The largest absolute Gasteiger partial charge is 0.492 e. The topological polar surface area (TPSA) is 50.4 Å². The molecule has 0 atom stereocenters. The Labute approximate surface area is 120 Å². The number of urea groups is 1. The van der Waals surface area contributed by atoms with Crippen molar-refractivity contribution in [3.05, 3.63) is 29.3 Å². The first-order valence-electron chi connectivity index (χ1n) is 7.39. The molecule has 0 spiro atoms. The Hall–Kier alpha value is -1.71. The summed E-state index contributed by atoms with van der Waals surface area (Å²) in [6, 6.07) is 6.40. The number of ether oxygens (including phenoxy) is 1. The number of rotatable bonds is 5. The molecule has 0 saturated heterocycles. The van der Waals surface area contributed by atoms with Gasteiger partial charge in [0.1, 0.15) is 12.4 Å². The third-order valence-corrected chi connectivity index (χ3v) is 3.54. The van der Waals surface area contributed by atoms with Gasteiger partial charge in [0.15, 0.2) is 0 Å². The lowest BCUT2D eigenvalue weighted by atomic mass is 10.1. The van der Waals surface area contributed by atoms with Crippen LogP contribution in [0.3, 0.4) is 0 Å². The Morgan fingerprint density at radius 3 is 2.50 bits per heavy atom. The lowest BCUT2D eigenvalue weighted by Gasteiger charge is -2.13. The number of amides is 2. The summed E-state index contributed by atoms with van der Waals surface area (Å²) in [6.07, 6.45) is 4.65. The third-order valence-electron chi connectivity index (χ3n) is 3.54. The zero-order valence-electron chi connectivity index (χ0n) is 12.4. The third kappa shape index (κ3) is 4.76. The van der Waals surface area contributed by atoms with Crippen molar-refractivity contribution in [3.8, 4) is 5.75 Å². The van der Waals surface area contributed by atoms with Gasteiger partial charge in [-0.3, -0.25) is 0 Å². The first-order chi connectivity index (χ1) is 9.63. The van der Waals surface area contributed by atoms with Crippen LogP contribution in [0.5, 0.6) is 5.75 Å². The van der Waals surface area contributed by atoms with Crippen molar-refractivity contribution in [2.45, 2.75) is 45.6 Å². The Morgan fingerprint density at radius 2 is 1.85 bits per heavy atom. The molecule has 0 aliphatic heterocycles. The maximum atomic E-state index is 11.6. The molecule has 20 heavy (non-hydrogen) atoms. The van der Waals surface area contributed by atoms with E-state index >= 15 is 0 Å². The van der Waals surface area contributed by atoms with Crippen LogP contribution in [0.1, 0.15) is 36.8 Å². The van der Waals surface area contributed by atoms with Crippen molar-refractivity contribution in [3.63, 3.8) is 0 Å². The van der Waals surface area contributed by atoms with Gasteiger partial charge in [-0.05, 0) is 49.9 Å². The minimum atomic E-state index is -0.0825. The average Bonchev–Trinajstić information content (AvgIpc) is 2.86. The number of hydrogen-bond donors (Lipinski definition) is 2. The van der Waals surface area contributed by atoms with Crippen LogP contribution < -0.4 is 15.4 Å². The smallest absolute Gasteiger partial charge is 0.315 e. The van der Waals surface area contributed by atoms with Crippen LogP contribution >= 0.6 is 0 Å². The van der Waals surface area contributed by atoms with Crippen molar-refractivity contribution >= 4 is 6.03 Å². The first kappa shape index (κ1) is 14.7. The van der Waals surface area contributed by atoms with E-state index in [0.29, 0.717) is 19.2 Å². The van der Waals surface area contributed by atoms with E-state index in [1.807, 2.05) is 26.0 Å². The van der Waals surface area contributed by atoms with Crippen molar-refractivity contribution < 1.29 is 9.53 Å². The molecule has 4 heteroatoms. The second-order valence-corrected chi connectivity index (χ2v) is 5.55. The van der Waals surface area contributed by atoms with Gasteiger partial charge in [0.05, 0.1) is 6.54 Å². The summed E-state index contributed by atoms with van der Waals surface area (Å²) >= 11 is 0. The molecule has 0 unspecified atom stereocenters. The highest BCUT2D eigenvalue weighted by Crippen LogP contribution is 2.17. The summed E-state index contributed by atoms with van der Waals surface area (Å²) in [5.74, 6) is 0.862. The van der Waals surface area contributed by atoms with Crippen molar-refractivity contribution in [2.24, 2.45) is 0 Å². The summed E-state index contributed by atoms with van der Waals surface area (Å²) in [6.45, 7) is 5.10. The molecule has 1 saturated carbocycles. The quantitative estimate of drug-likeness (QED) is 0.812. The first-order valence-corrected chi connectivity index (χ1v) is 7.39. The van der Waals surface area contributed by atoms with E-state index in [9.17, 15) is 4.79 Å². The van der Waals surface area contributed by atoms with Crippen molar-refractivity contribution in [1.29, 1.82) is 0 Å². The fourth-order valence-electron chi connectivity index (χ4n) is 2.66. The Balaban J connectivity index is 1.64. The second-order valence-electron chi connectivity index (χ2n) is 5.55. The highest BCUT2D eigenvalue weighted by molar-refractivity contribution is 5.74. The molecule has 4 nitrogen and oxygen atoms in total. The molecule has 1 aromatic rings. The second kappa shape index (κ2) is 7.17. The summed E-state index contributed by atoms with van der Waals surface area (Å²) < 4.78 is 5.65. The molecule has 1 aliphatic carbocycles. The zero-order valence-corrected chi connectivity index (χ0v) is 12.4. The molecular formula is C16H24N2O2. The van der Waals surface area contributed by atoms with Gasteiger partial charge in [-0.1, -0.05) is 18.9 Å². The lowest BCUT2D eigenvalue weighted by molar-refractivity contribution is 0.233. The Morgan fingerprint density at radius 1 is 1.20 bits per heavy atom. The highest BCUT2D eigenvalue weighted by atomic mass is 16.5. The summed E-state index contributed by atoms with van der Waals surface area (Å²) in [7, 11) is 0. The standard InChI is InChI=1S/C16H24N2O2/c1-12-9-13(2)11-15(10-12)20-8-7-17-16(19)18-14-5-3-4-6-14/h9-11,14H,3-8H2,1-2H3,(H2,17,18,19). The van der Waals surface area contributed by atoms with E-state index in [-0.39, 0.29) is 6.03 Å². The Kier molecular flexibility index (Phi) is 5.27. The van der Waals surface area contributed by atoms with Gasteiger partial charge >= 0.3 is 6.03 Å². The van der Waals surface area contributed by atoms with Crippen LogP contribution in [0.25, 0.3) is 0 Å². The molecular weight excluding hydrogens is 252 g/mol. The molecule has 1 aliphatic rings. The highest BCUT2D eigenvalue weighted by Gasteiger charge is 2.16. The minimum Gasteiger partial charge on any atom is -0.492 e. The molecule has 1 fully saturated rings. The van der Waals surface area contributed by atoms with Crippen LogP contribution in [0, 0.1) is 13.8 Å². The number of carbonyl (C=O) groups is 1. The Bertz CT molecular complexity index is 434. The average molecular weight is 276 g/mol. The van der Waals surface area contributed by atoms with Gasteiger partial charge in [0, 0.05) is 6.04 Å². The van der Waals surface area contributed by atoms with E-state index < -0.39 is 0 Å². The SMILES string of the molecule is Cc1cc(C)cc(OCCNC(=O)NC2CCCC2)c1. The number of carbonyl (C=O) groups excluding carboxylic acids is 1. The summed E-state index contributed by atoms with van der Waals surface area (Å²) in [5, 5.41) is 5.82. The van der Waals surface area contributed by atoms with Gasteiger partial charge in [0.25, 0.3) is 0 Å². The summed E-state index contributed by atoms with van der Waals surface area (Å²) in [5.41, 5.74) is 2.37. The normalized spacial score (nSPS) is 15.1. The fraction of sp³-hybridized carbons (Fsp3) is 0.562. The fourth-order valence-corrected chi connectivity index (χ4v) is 2.66. The van der Waals surface area contributed by atoms with Crippen LogP contribution in [-0.4, -0.2) is 25.2 Å². The molecule has 2 N–H and O–H groups in total. The van der Waals surface area contributed by atoms with E-state index in [0.717, 1.165) is 18.6 Å². The predicted octanol–water partition coefficient (Wildman–Crippen LogP) is 2.92. The maximum absolute atomic E-state index is 11.6. The molecule has 1 aromatic carbocycles. The van der Waals surface area contributed by atoms with Crippen LogP contribution in [0.4, 0.5) is 4.79 Å². The van der Waals surface area contributed by atoms with E-state index in [1.165, 1.54) is 24.0 Å². The molecule has 0 radical (unpaired) electrons. The summed E-state index contributed by atoms with van der Waals surface area (Å²) in [4.78, 5) is 11.6. The molecule has 110 valence electrons. The molecule has 2 amide bonds. The predicted molar refractivity (Wildman–Crippen MR) is 80.2 cm³/mol. The molecule has 0 heterocycles. The minimum absolute atomic E-state index is 0.0825. The molecule has 2 rings (SSSR count). The van der Waals surface area contributed by atoms with E-state index in [2.05, 4.69) is 16.7 Å². The van der Waals surface area contributed by atoms with Gasteiger partial charge in [-0.2, -0.15) is 0 Å². The number of benzene rings is 1. The van der Waals surface area contributed by atoms with Crippen LogP contribution in [0.15, 0.2) is 18.2 Å². The van der Waals surface area contributed by atoms with E-state index in [1.54, 1.807) is 0 Å². The zero-order chi connectivity index (χ0) is 14.4. The number of hydrogen-bond acceptors (Lipinski definition) is 2. The van der Waals surface area contributed by atoms with Gasteiger partial charge in [-0.15, -0.1) is 0 Å².